The fraction of sp³-hybridized carbons (Fsp3) is 0.500. The van der Waals surface area contributed by atoms with E-state index in [0.717, 1.165) is 11.4 Å². The van der Waals surface area contributed by atoms with Crippen LogP contribution in [0.5, 0.6) is 0 Å². The Hall–Kier alpha value is -0.690. The van der Waals surface area contributed by atoms with Gasteiger partial charge in [-0.1, -0.05) is 32.4 Å². The molecular formula is C12H20ClN. The quantitative estimate of drug-likeness (QED) is 0.718. The first kappa shape index (κ1) is 13.3. The molecule has 1 nitrogen and oxygen atoms in total. The number of aryl methyl sites for hydroxylation is 1. The van der Waals surface area contributed by atoms with Crippen LogP contribution < -0.4 is 4.90 Å². The van der Waals surface area contributed by atoms with Gasteiger partial charge in [0.1, 0.15) is 0 Å². The van der Waals surface area contributed by atoms with Crippen molar-refractivity contribution < 1.29 is 0 Å². The van der Waals surface area contributed by atoms with Gasteiger partial charge in [0, 0.05) is 24.8 Å². The van der Waals surface area contributed by atoms with E-state index in [4.69, 9.17) is 11.6 Å². The third-order valence-corrected chi connectivity index (χ3v) is 2.30. The van der Waals surface area contributed by atoms with Gasteiger partial charge < -0.3 is 4.90 Å². The van der Waals surface area contributed by atoms with E-state index in [9.17, 15) is 0 Å². The van der Waals surface area contributed by atoms with Crippen LogP contribution in [0.25, 0.3) is 0 Å². The Morgan fingerprint density at radius 3 is 2.21 bits per heavy atom. The summed E-state index contributed by atoms with van der Waals surface area (Å²) < 4.78 is 0. The van der Waals surface area contributed by atoms with Crippen LogP contribution in [-0.2, 0) is 6.42 Å². The summed E-state index contributed by atoms with van der Waals surface area (Å²) >= 11 is 5.98. The fourth-order valence-corrected chi connectivity index (χ4v) is 1.36. The second-order valence-electron chi connectivity index (χ2n) is 3.02. The second kappa shape index (κ2) is 6.72. The van der Waals surface area contributed by atoms with Crippen molar-refractivity contribution in [2.75, 3.05) is 19.0 Å². The van der Waals surface area contributed by atoms with E-state index >= 15 is 0 Å². The van der Waals surface area contributed by atoms with E-state index < -0.39 is 0 Å². The van der Waals surface area contributed by atoms with E-state index in [1.54, 1.807) is 0 Å². The maximum atomic E-state index is 5.98. The summed E-state index contributed by atoms with van der Waals surface area (Å²) in [6.45, 7) is 6.11. The molecule has 1 rings (SSSR count). The smallest absolute Gasteiger partial charge is 0.0439 e. The van der Waals surface area contributed by atoms with Crippen molar-refractivity contribution in [3.63, 3.8) is 0 Å². The number of nitrogens with zero attached hydrogens (tertiary/aromatic N) is 1. The molecule has 0 spiro atoms. The van der Waals surface area contributed by atoms with Crippen LogP contribution in [0.15, 0.2) is 18.2 Å². The summed E-state index contributed by atoms with van der Waals surface area (Å²) in [7, 11) is 4.06. The van der Waals surface area contributed by atoms with Crippen molar-refractivity contribution in [1.82, 2.24) is 0 Å². The SMILES string of the molecule is CC.CCc1cc(N(C)C)ccc1Cl. The van der Waals surface area contributed by atoms with Gasteiger partial charge in [0.25, 0.3) is 0 Å². The molecule has 14 heavy (non-hydrogen) atoms. The lowest BCUT2D eigenvalue weighted by Crippen LogP contribution is -2.08. The summed E-state index contributed by atoms with van der Waals surface area (Å²) in [5.41, 5.74) is 2.42. The minimum atomic E-state index is 0.864. The lowest BCUT2D eigenvalue weighted by Gasteiger charge is -2.13. The Bertz CT molecular complexity index is 269. The molecule has 0 saturated heterocycles. The van der Waals surface area contributed by atoms with Crippen molar-refractivity contribution in [3.8, 4) is 0 Å². The minimum Gasteiger partial charge on any atom is -0.378 e. The highest BCUT2D eigenvalue weighted by atomic mass is 35.5. The molecule has 0 amide bonds. The van der Waals surface area contributed by atoms with Crippen LogP contribution in [0.4, 0.5) is 5.69 Å². The Labute approximate surface area is 92.7 Å². The summed E-state index contributed by atoms with van der Waals surface area (Å²) in [4.78, 5) is 2.08. The van der Waals surface area contributed by atoms with Crippen molar-refractivity contribution in [2.45, 2.75) is 27.2 Å². The van der Waals surface area contributed by atoms with Crippen LogP contribution in [0.2, 0.25) is 5.02 Å². The van der Waals surface area contributed by atoms with Crippen LogP contribution in [0, 0.1) is 0 Å². The highest BCUT2D eigenvalue weighted by molar-refractivity contribution is 6.31. The Balaban J connectivity index is 0.000000791. The van der Waals surface area contributed by atoms with Gasteiger partial charge in [-0.2, -0.15) is 0 Å². The number of rotatable bonds is 2. The molecule has 1 aromatic carbocycles. The number of anilines is 1. The Morgan fingerprint density at radius 2 is 1.79 bits per heavy atom. The summed E-state index contributed by atoms with van der Waals surface area (Å²) in [6, 6.07) is 6.11. The first-order valence-electron chi connectivity index (χ1n) is 5.11. The summed E-state index contributed by atoms with van der Waals surface area (Å²) in [5.74, 6) is 0. The lowest BCUT2D eigenvalue weighted by molar-refractivity contribution is 1.10. The van der Waals surface area contributed by atoms with E-state index in [2.05, 4.69) is 17.9 Å². The molecule has 0 N–H and O–H groups in total. The first-order valence-corrected chi connectivity index (χ1v) is 5.48. The van der Waals surface area contributed by atoms with E-state index in [0.29, 0.717) is 0 Å². The Morgan fingerprint density at radius 1 is 1.21 bits per heavy atom. The van der Waals surface area contributed by atoms with Gasteiger partial charge in [0.05, 0.1) is 0 Å². The topological polar surface area (TPSA) is 3.24 Å². The molecule has 0 aliphatic rings. The standard InChI is InChI=1S/C10H14ClN.C2H6/c1-4-8-7-9(12(2)3)5-6-10(8)11;1-2/h5-7H,4H2,1-3H3;1-2H3. The first-order chi connectivity index (χ1) is 6.65. The number of hydrogen-bond acceptors (Lipinski definition) is 1. The molecule has 80 valence electrons. The van der Waals surface area contributed by atoms with Crippen LogP contribution in [-0.4, -0.2) is 14.1 Å². The van der Waals surface area contributed by atoms with Gasteiger partial charge >= 0.3 is 0 Å². The number of halogens is 1. The van der Waals surface area contributed by atoms with Crippen LogP contribution in [0.3, 0.4) is 0 Å². The van der Waals surface area contributed by atoms with Crippen molar-refractivity contribution in [3.05, 3.63) is 28.8 Å². The van der Waals surface area contributed by atoms with Gasteiger partial charge in [-0.3, -0.25) is 0 Å². The molecule has 0 radical (unpaired) electrons. The van der Waals surface area contributed by atoms with Gasteiger partial charge in [-0.25, -0.2) is 0 Å². The van der Waals surface area contributed by atoms with Crippen molar-refractivity contribution >= 4 is 17.3 Å². The van der Waals surface area contributed by atoms with E-state index in [1.807, 2.05) is 40.1 Å². The predicted octanol–water partition coefficient (Wildman–Crippen LogP) is 3.99. The lowest BCUT2D eigenvalue weighted by atomic mass is 10.1. The molecule has 0 saturated carbocycles. The molecule has 0 aromatic heterocycles. The van der Waals surface area contributed by atoms with Crippen LogP contribution >= 0.6 is 11.6 Å². The molecule has 0 heterocycles. The number of hydrogen-bond donors (Lipinski definition) is 0. The summed E-state index contributed by atoms with van der Waals surface area (Å²) in [5, 5.41) is 0.864. The largest absolute Gasteiger partial charge is 0.378 e. The molecule has 0 fully saturated rings. The normalized spacial score (nSPS) is 9.00. The fourth-order valence-electron chi connectivity index (χ4n) is 1.11. The maximum absolute atomic E-state index is 5.98. The third kappa shape index (κ3) is 3.59. The molecule has 0 unspecified atom stereocenters. The van der Waals surface area contributed by atoms with E-state index in [-0.39, 0.29) is 0 Å². The summed E-state index contributed by atoms with van der Waals surface area (Å²) in [6.07, 6.45) is 0.987. The molecule has 1 aromatic rings. The predicted molar refractivity (Wildman–Crippen MR) is 66.5 cm³/mol. The number of benzene rings is 1. The Kier molecular flexibility index (Phi) is 6.39. The molecule has 2 heteroatoms. The van der Waals surface area contributed by atoms with Crippen molar-refractivity contribution in [1.29, 1.82) is 0 Å². The third-order valence-electron chi connectivity index (χ3n) is 1.93. The molecule has 0 aliphatic heterocycles. The molecule has 0 aliphatic carbocycles. The second-order valence-corrected chi connectivity index (χ2v) is 3.43. The molecule has 0 bridgehead atoms. The van der Waals surface area contributed by atoms with Gasteiger partial charge in [-0.15, -0.1) is 0 Å². The monoisotopic (exact) mass is 213 g/mol. The average molecular weight is 214 g/mol. The molecule has 0 atom stereocenters. The highest BCUT2D eigenvalue weighted by Crippen LogP contribution is 2.22. The zero-order valence-corrected chi connectivity index (χ0v) is 10.5. The average Bonchev–Trinajstić information content (AvgIpc) is 2.21. The van der Waals surface area contributed by atoms with Crippen molar-refractivity contribution in [2.24, 2.45) is 0 Å². The van der Waals surface area contributed by atoms with Gasteiger partial charge in [0.2, 0.25) is 0 Å². The highest BCUT2D eigenvalue weighted by Gasteiger charge is 2.00. The maximum Gasteiger partial charge on any atom is 0.0439 e. The van der Waals surface area contributed by atoms with Gasteiger partial charge in [0.15, 0.2) is 0 Å². The molecular weight excluding hydrogens is 194 g/mol. The zero-order chi connectivity index (χ0) is 11.1. The van der Waals surface area contributed by atoms with E-state index in [1.165, 1.54) is 11.3 Å². The zero-order valence-electron chi connectivity index (χ0n) is 9.76. The van der Waals surface area contributed by atoms with Gasteiger partial charge in [-0.05, 0) is 30.2 Å². The van der Waals surface area contributed by atoms with Crippen LogP contribution in [0.1, 0.15) is 26.3 Å². The minimum absolute atomic E-state index is 0.864.